The van der Waals surface area contributed by atoms with Gasteiger partial charge in [-0.2, -0.15) is 0 Å². The number of rotatable bonds is 5. The summed E-state index contributed by atoms with van der Waals surface area (Å²) in [7, 11) is -2.26. The van der Waals surface area contributed by atoms with Crippen LogP contribution in [-0.2, 0) is 19.6 Å². The zero-order valence-corrected chi connectivity index (χ0v) is 10.2. The number of benzene rings is 1. The van der Waals surface area contributed by atoms with E-state index in [0.717, 1.165) is 0 Å². The van der Waals surface area contributed by atoms with Crippen molar-refractivity contribution in [2.24, 2.45) is 5.14 Å². The molecule has 0 heterocycles. The number of amides is 1. The first-order valence-electron chi connectivity index (χ1n) is 4.85. The second kappa shape index (κ2) is 5.76. The molecule has 3 N–H and O–H groups in total. The molecule has 1 rings (SSSR count). The predicted octanol–water partition coefficient (Wildman–Crippen LogP) is 0.309. The lowest BCUT2D eigenvalue weighted by molar-refractivity contribution is -0.117. The fourth-order valence-corrected chi connectivity index (χ4v) is 1.73. The van der Waals surface area contributed by atoms with E-state index in [4.69, 9.17) is 9.88 Å². The zero-order valence-electron chi connectivity index (χ0n) is 9.34. The van der Waals surface area contributed by atoms with E-state index in [1.807, 2.05) is 0 Å². The molecule has 0 aliphatic rings. The van der Waals surface area contributed by atoms with Crippen molar-refractivity contribution in [1.82, 2.24) is 0 Å². The number of anilines is 1. The monoisotopic (exact) mass is 258 g/mol. The Labute approximate surface area is 99.8 Å². The second-order valence-electron chi connectivity index (χ2n) is 3.36. The van der Waals surface area contributed by atoms with Gasteiger partial charge in [0.1, 0.15) is 0 Å². The number of hydrogen-bond acceptors (Lipinski definition) is 4. The third-order valence-electron chi connectivity index (χ3n) is 1.98. The minimum absolute atomic E-state index is 0.0398. The molecule has 0 atom stereocenters. The van der Waals surface area contributed by atoms with Crippen molar-refractivity contribution < 1.29 is 17.9 Å². The standard InChI is InChI=1S/C10H14N2O4S/c1-16-6-5-10(13)12-8-3-2-4-9(7-8)17(11,14)15/h2-4,7H,5-6H2,1H3,(H,12,13)(H2,11,14,15). The number of nitrogens with one attached hydrogen (secondary N) is 1. The van der Waals surface area contributed by atoms with Crippen molar-refractivity contribution >= 4 is 21.6 Å². The van der Waals surface area contributed by atoms with Gasteiger partial charge in [-0.1, -0.05) is 6.07 Å². The van der Waals surface area contributed by atoms with Crippen LogP contribution in [0.15, 0.2) is 29.2 Å². The van der Waals surface area contributed by atoms with Gasteiger partial charge in [0, 0.05) is 12.8 Å². The van der Waals surface area contributed by atoms with E-state index in [9.17, 15) is 13.2 Å². The van der Waals surface area contributed by atoms with Gasteiger partial charge in [0.05, 0.1) is 17.9 Å². The third-order valence-corrected chi connectivity index (χ3v) is 2.89. The Morgan fingerprint density at radius 2 is 2.18 bits per heavy atom. The van der Waals surface area contributed by atoms with Gasteiger partial charge < -0.3 is 10.1 Å². The first-order valence-corrected chi connectivity index (χ1v) is 6.40. The Bertz CT molecular complexity index is 499. The van der Waals surface area contributed by atoms with Crippen molar-refractivity contribution in [1.29, 1.82) is 0 Å². The van der Waals surface area contributed by atoms with Gasteiger partial charge in [-0.15, -0.1) is 0 Å². The van der Waals surface area contributed by atoms with E-state index in [1.165, 1.54) is 25.3 Å². The van der Waals surface area contributed by atoms with Crippen LogP contribution in [0.4, 0.5) is 5.69 Å². The molecule has 0 aliphatic heterocycles. The molecule has 17 heavy (non-hydrogen) atoms. The molecule has 0 saturated heterocycles. The average molecular weight is 258 g/mol. The Morgan fingerprint density at radius 3 is 2.76 bits per heavy atom. The molecule has 1 aromatic carbocycles. The number of carbonyl (C=O) groups excluding carboxylic acids is 1. The molecule has 0 saturated carbocycles. The molecule has 0 aliphatic carbocycles. The van der Waals surface area contributed by atoms with E-state index < -0.39 is 10.0 Å². The molecule has 0 fully saturated rings. The van der Waals surface area contributed by atoms with Gasteiger partial charge in [-0.25, -0.2) is 13.6 Å². The Morgan fingerprint density at radius 1 is 1.47 bits per heavy atom. The fraction of sp³-hybridized carbons (Fsp3) is 0.300. The molecule has 0 radical (unpaired) electrons. The van der Waals surface area contributed by atoms with Crippen LogP contribution in [0.25, 0.3) is 0 Å². The molecule has 0 aromatic heterocycles. The summed E-state index contributed by atoms with van der Waals surface area (Å²) < 4.78 is 26.9. The highest BCUT2D eigenvalue weighted by Crippen LogP contribution is 2.14. The van der Waals surface area contributed by atoms with Gasteiger partial charge in [0.25, 0.3) is 0 Å². The maximum atomic E-state index is 11.4. The Hall–Kier alpha value is -1.44. The van der Waals surface area contributed by atoms with Crippen molar-refractivity contribution in [3.63, 3.8) is 0 Å². The quantitative estimate of drug-likeness (QED) is 0.794. The third kappa shape index (κ3) is 4.51. The molecule has 7 heteroatoms. The van der Waals surface area contributed by atoms with Crippen molar-refractivity contribution in [3.05, 3.63) is 24.3 Å². The minimum Gasteiger partial charge on any atom is -0.384 e. The minimum atomic E-state index is -3.75. The molecule has 0 bridgehead atoms. The smallest absolute Gasteiger partial charge is 0.238 e. The maximum Gasteiger partial charge on any atom is 0.238 e. The van der Waals surface area contributed by atoms with Crippen molar-refractivity contribution in [2.45, 2.75) is 11.3 Å². The maximum absolute atomic E-state index is 11.4. The number of carbonyl (C=O) groups is 1. The zero-order chi connectivity index (χ0) is 12.9. The number of sulfonamides is 1. The van der Waals surface area contributed by atoms with Crippen LogP contribution in [0.3, 0.4) is 0 Å². The van der Waals surface area contributed by atoms with E-state index in [1.54, 1.807) is 6.07 Å². The molecule has 6 nitrogen and oxygen atoms in total. The number of primary sulfonamides is 1. The highest BCUT2D eigenvalue weighted by Gasteiger charge is 2.09. The van der Waals surface area contributed by atoms with Gasteiger partial charge in [0.15, 0.2) is 0 Å². The van der Waals surface area contributed by atoms with Crippen LogP contribution in [0, 0.1) is 0 Å². The van der Waals surface area contributed by atoms with E-state index in [-0.39, 0.29) is 17.2 Å². The van der Waals surface area contributed by atoms with Crippen LogP contribution in [0.1, 0.15) is 6.42 Å². The predicted molar refractivity (Wildman–Crippen MR) is 62.9 cm³/mol. The molecular formula is C10H14N2O4S. The van der Waals surface area contributed by atoms with Crippen molar-refractivity contribution in [3.8, 4) is 0 Å². The van der Waals surface area contributed by atoms with Crippen LogP contribution < -0.4 is 10.5 Å². The molecule has 0 spiro atoms. The van der Waals surface area contributed by atoms with Gasteiger partial charge >= 0.3 is 0 Å². The summed E-state index contributed by atoms with van der Waals surface area (Å²) in [6, 6.07) is 5.76. The highest BCUT2D eigenvalue weighted by molar-refractivity contribution is 7.89. The van der Waals surface area contributed by atoms with Gasteiger partial charge in [-0.05, 0) is 18.2 Å². The topological polar surface area (TPSA) is 98.5 Å². The molecule has 1 aromatic rings. The highest BCUT2D eigenvalue weighted by atomic mass is 32.2. The molecule has 0 unspecified atom stereocenters. The van der Waals surface area contributed by atoms with Crippen molar-refractivity contribution in [2.75, 3.05) is 19.0 Å². The lowest BCUT2D eigenvalue weighted by Gasteiger charge is -2.06. The number of nitrogens with two attached hydrogens (primary N) is 1. The van der Waals surface area contributed by atoms with Crippen LogP contribution in [0.2, 0.25) is 0 Å². The average Bonchev–Trinajstić information content (AvgIpc) is 2.25. The fourth-order valence-electron chi connectivity index (χ4n) is 1.17. The Balaban J connectivity index is 2.76. The summed E-state index contributed by atoms with van der Waals surface area (Å²) >= 11 is 0. The SMILES string of the molecule is COCCC(=O)Nc1cccc(S(N)(=O)=O)c1. The first-order chi connectivity index (χ1) is 7.93. The van der Waals surface area contributed by atoms with Crippen LogP contribution >= 0.6 is 0 Å². The summed E-state index contributed by atoms with van der Waals surface area (Å²) in [6.07, 6.45) is 0.204. The molecule has 1 amide bonds. The van der Waals surface area contributed by atoms with Crippen LogP contribution in [0.5, 0.6) is 0 Å². The first kappa shape index (κ1) is 13.6. The summed E-state index contributed by atoms with van der Waals surface area (Å²) in [6.45, 7) is 0.306. The number of hydrogen-bond donors (Lipinski definition) is 2. The number of methoxy groups -OCH3 is 1. The molecule has 94 valence electrons. The number of ether oxygens (including phenoxy) is 1. The summed E-state index contributed by atoms with van der Waals surface area (Å²) in [5, 5.41) is 7.53. The lowest BCUT2D eigenvalue weighted by atomic mass is 10.3. The van der Waals surface area contributed by atoms with Crippen LogP contribution in [-0.4, -0.2) is 28.0 Å². The lowest BCUT2D eigenvalue weighted by Crippen LogP contribution is -2.15. The summed E-state index contributed by atoms with van der Waals surface area (Å²) in [4.78, 5) is 11.3. The Kier molecular flexibility index (Phi) is 4.62. The van der Waals surface area contributed by atoms with E-state index in [0.29, 0.717) is 12.3 Å². The second-order valence-corrected chi connectivity index (χ2v) is 4.93. The summed E-state index contributed by atoms with van der Waals surface area (Å²) in [5.74, 6) is -0.251. The summed E-state index contributed by atoms with van der Waals surface area (Å²) in [5.41, 5.74) is 0.387. The van der Waals surface area contributed by atoms with E-state index >= 15 is 0 Å². The van der Waals surface area contributed by atoms with E-state index in [2.05, 4.69) is 5.32 Å². The largest absolute Gasteiger partial charge is 0.384 e. The normalized spacial score (nSPS) is 11.2. The molecular weight excluding hydrogens is 244 g/mol. The van der Waals surface area contributed by atoms with Gasteiger partial charge in [-0.3, -0.25) is 4.79 Å². The van der Waals surface area contributed by atoms with Gasteiger partial charge in [0.2, 0.25) is 15.9 Å².